The summed E-state index contributed by atoms with van der Waals surface area (Å²) in [5.74, 6) is 6.13. The lowest BCUT2D eigenvalue weighted by atomic mass is 9.89. The van der Waals surface area contributed by atoms with Gasteiger partial charge in [-0.05, 0) is 98.3 Å². The van der Waals surface area contributed by atoms with Gasteiger partial charge < -0.3 is 44.0 Å². The molecule has 3 aliphatic rings. The lowest BCUT2D eigenvalue weighted by molar-refractivity contribution is 0.394. The van der Waals surface area contributed by atoms with Crippen molar-refractivity contribution in [2.24, 2.45) is 23.2 Å². The summed E-state index contributed by atoms with van der Waals surface area (Å²) in [5.41, 5.74) is 27.1. The summed E-state index contributed by atoms with van der Waals surface area (Å²) in [6.45, 7) is 19.6. The topological polar surface area (TPSA) is 200 Å². The maximum atomic E-state index is 7.34. The summed E-state index contributed by atoms with van der Waals surface area (Å²) >= 11 is 1.75. The number of nitrogens with one attached hydrogen (secondary N) is 6. The highest BCUT2D eigenvalue weighted by atomic mass is 32.2. The lowest BCUT2D eigenvalue weighted by Gasteiger charge is -2.20. The molecule has 5 rings (SSSR count). The number of hydrogen-bond acceptors (Lipinski definition) is 11. The Bertz CT molecular complexity index is 1410. The SMILES string of the molecule is C1CCCCC1.CC.CCN.CCc1c(C(C)C)cc(C=N)c(N)c1C.CNC1=CC(C)/C(=C\Nc2ccc(/C(C=N)=C/N)cc2)S1.NNC1CCNCC1. The number of thioether (sulfide) groups is 1. The fourth-order valence-electron chi connectivity index (χ4n) is 6.08. The van der Waals surface area contributed by atoms with Gasteiger partial charge in [-0.25, -0.2) is 0 Å². The summed E-state index contributed by atoms with van der Waals surface area (Å²) in [5, 5.41) is 25.6. The number of nitrogen functional groups attached to an aromatic ring is 1. The minimum absolute atomic E-state index is 0.425. The van der Waals surface area contributed by atoms with Crippen molar-refractivity contribution in [1.82, 2.24) is 16.1 Å². The predicted molar refractivity (Wildman–Crippen MR) is 247 cm³/mol. The summed E-state index contributed by atoms with van der Waals surface area (Å²) in [4.78, 5) is 1.28. The molecule has 310 valence electrons. The molecular formula is C44H78N10S. The zero-order valence-electron chi connectivity index (χ0n) is 35.7. The Morgan fingerprint density at radius 2 is 1.55 bits per heavy atom. The van der Waals surface area contributed by atoms with Gasteiger partial charge >= 0.3 is 0 Å². The molecule has 0 amide bonds. The molecule has 2 aromatic carbocycles. The zero-order valence-corrected chi connectivity index (χ0v) is 36.5. The first-order valence-corrected chi connectivity index (χ1v) is 21.2. The van der Waals surface area contributed by atoms with Crippen LogP contribution in [-0.2, 0) is 6.42 Å². The molecule has 1 unspecified atom stereocenters. The van der Waals surface area contributed by atoms with Crippen LogP contribution in [0.15, 0.2) is 58.7 Å². The minimum atomic E-state index is 0.425. The maximum Gasteiger partial charge on any atom is 0.0690 e. The summed E-state index contributed by atoms with van der Waals surface area (Å²) in [6, 6.07) is 10.5. The van der Waals surface area contributed by atoms with Gasteiger partial charge in [-0.3, -0.25) is 11.3 Å². The first-order valence-electron chi connectivity index (χ1n) is 20.4. The highest BCUT2D eigenvalue weighted by molar-refractivity contribution is 8.07. The Labute approximate surface area is 339 Å². The number of rotatable bonds is 9. The molecule has 2 aliphatic heterocycles. The van der Waals surface area contributed by atoms with E-state index in [0.29, 0.717) is 23.5 Å². The van der Waals surface area contributed by atoms with Crippen LogP contribution in [0.4, 0.5) is 11.4 Å². The lowest BCUT2D eigenvalue weighted by Crippen LogP contribution is -2.43. The van der Waals surface area contributed by atoms with Gasteiger partial charge in [-0.2, -0.15) is 0 Å². The van der Waals surface area contributed by atoms with Crippen LogP contribution in [0.25, 0.3) is 5.57 Å². The molecule has 1 saturated heterocycles. The fourth-order valence-corrected chi connectivity index (χ4v) is 7.08. The van der Waals surface area contributed by atoms with Gasteiger partial charge in [-0.1, -0.05) is 111 Å². The first-order chi connectivity index (χ1) is 26.5. The average molecular weight is 779 g/mol. The fraction of sp³-hybridized carbons (Fsp3) is 0.545. The molecule has 0 aromatic heterocycles. The summed E-state index contributed by atoms with van der Waals surface area (Å²) < 4.78 is 0. The maximum absolute atomic E-state index is 7.34. The van der Waals surface area contributed by atoms with Crippen molar-refractivity contribution in [1.29, 1.82) is 10.8 Å². The molecule has 14 N–H and O–H groups in total. The molecule has 55 heavy (non-hydrogen) atoms. The Hall–Kier alpha value is -3.61. The van der Waals surface area contributed by atoms with E-state index in [0.717, 1.165) is 67.0 Å². The molecule has 10 nitrogen and oxygen atoms in total. The van der Waals surface area contributed by atoms with Crippen LogP contribution in [0, 0.1) is 23.7 Å². The molecule has 1 aliphatic carbocycles. The standard InChI is InChI=1S/C16H20N4S.C13H20N2.C6H12.C5H13N3.C2H7N.C2H6/c1-11-7-16(19-2)21-15(11)10-20-14-5-3-12(4-6-14)13(8-17)9-18;1-5-11-9(4)13(15)10(7-14)6-12(11)8(2)3;1-2-4-6-5-3-1;6-8-5-1-3-7-4-2-5;1-2-3;1-2/h3-11,17,19-20H,18H2,1-2H3;6-8,14H,5,15H2,1-4H3;1-6H2;5,7-8H,1-4,6H2;2-3H2,1H3;1-2H3/b13-9+,15-10+,17-8?;;;;;. The number of anilines is 2. The first kappa shape index (κ1) is 51.4. The third kappa shape index (κ3) is 19.7. The van der Waals surface area contributed by atoms with E-state index < -0.39 is 0 Å². The van der Waals surface area contributed by atoms with Crippen LogP contribution in [0.1, 0.15) is 134 Å². The Morgan fingerprint density at radius 3 is 1.93 bits per heavy atom. The molecule has 2 fully saturated rings. The van der Waals surface area contributed by atoms with Gasteiger partial charge in [0.25, 0.3) is 0 Å². The van der Waals surface area contributed by atoms with Gasteiger partial charge in [-0.15, -0.1) is 0 Å². The van der Waals surface area contributed by atoms with Crippen molar-refractivity contribution >= 4 is 41.1 Å². The Kier molecular flexibility index (Phi) is 29.5. The van der Waals surface area contributed by atoms with Crippen LogP contribution < -0.4 is 44.4 Å². The van der Waals surface area contributed by atoms with Gasteiger partial charge in [0.2, 0.25) is 0 Å². The van der Waals surface area contributed by atoms with Gasteiger partial charge in [0, 0.05) is 71.3 Å². The average Bonchev–Trinajstić information content (AvgIpc) is 3.60. The molecule has 1 saturated carbocycles. The smallest absolute Gasteiger partial charge is 0.0690 e. The second-order valence-corrected chi connectivity index (χ2v) is 14.8. The third-order valence-electron chi connectivity index (χ3n) is 9.29. The monoisotopic (exact) mass is 779 g/mol. The number of piperidine rings is 1. The molecule has 2 aromatic rings. The quantitative estimate of drug-likeness (QED) is 0.0510. The number of nitrogens with two attached hydrogens (primary N) is 4. The van der Waals surface area contributed by atoms with E-state index in [9.17, 15) is 0 Å². The van der Waals surface area contributed by atoms with E-state index in [1.807, 2.05) is 65.2 Å². The molecular weight excluding hydrogens is 701 g/mol. The number of benzene rings is 2. The van der Waals surface area contributed by atoms with Gasteiger partial charge in [0.1, 0.15) is 0 Å². The van der Waals surface area contributed by atoms with E-state index in [4.69, 9.17) is 33.9 Å². The van der Waals surface area contributed by atoms with Crippen molar-refractivity contribution < 1.29 is 0 Å². The Balaban J connectivity index is 0.000000741. The van der Waals surface area contributed by atoms with Gasteiger partial charge in [0.05, 0.1) is 5.03 Å². The van der Waals surface area contributed by atoms with Crippen LogP contribution in [0.2, 0.25) is 0 Å². The molecule has 11 heteroatoms. The van der Waals surface area contributed by atoms with E-state index in [1.54, 1.807) is 11.8 Å². The van der Waals surface area contributed by atoms with E-state index in [-0.39, 0.29) is 0 Å². The minimum Gasteiger partial charge on any atom is -0.404 e. The van der Waals surface area contributed by atoms with E-state index in [2.05, 4.69) is 61.2 Å². The van der Waals surface area contributed by atoms with Crippen LogP contribution in [-0.4, -0.2) is 45.2 Å². The summed E-state index contributed by atoms with van der Waals surface area (Å²) in [6.07, 6.45) is 20.6. The summed E-state index contributed by atoms with van der Waals surface area (Å²) in [7, 11) is 1.94. The number of allylic oxidation sites excluding steroid dienone is 3. The van der Waals surface area contributed by atoms with Crippen molar-refractivity contribution in [3.05, 3.63) is 86.6 Å². The number of hydrogen-bond donors (Lipinski definition) is 10. The second-order valence-electron chi connectivity index (χ2n) is 13.7. The van der Waals surface area contributed by atoms with Crippen LogP contribution >= 0.6 is 11.8 Å². The normalized spacial score (nSPS) is 17.2. The molecule has 2 heterocycles. The van der Waals surface area contributed by atoms with Crippen molar-refractivity contribution in [2.45, 2.75) is 125 Å². The van der Waals surface area contributed by atoms with Crippen LogP contribution in [0.5, 0.6) is 0 Å². The highest BCUT2D eigenvalue weighted by Gasteiger charge is 2.17. The van der Waals surface area contributed by atoms with E-state index >= 15 is 0 Å². The molecule has 1 atom stereocenters. The van der Waals surface area contributed by atoms with Crippen LogP contribution in [0.3, 0.4) is 0 Å². The van der Waals surface area contributed by atoms with Crippen molar-refractivity contribution in [3.63, 3.8) is 0 Å². The number of hydrazine groups is 1. The van der Waals surface area contributed by atoms with Gasteiger partial charge in [0.15, 0.2) is 0 Å². The zero-order chi connectivity index (χ0) is 41.6. The third-order valence-corrected chi connectivity index (χ3v) is 10.6. The Morgan fingerprint density at radius 1 is 1.00 bits per heavy atom. The molecule has 0 bridgehead atoms. The van der Waals surface area contributed by atoms with E-state index in [1.165, 1.54) is 78.2 Å². The second kappa shape index (κ2) is 31.6. The highest BCUT2D eigenvalue weighted by Crippen LogP contribution is 2.38. The van der Waals surface area contributed by atoms with Crippen molar-refractivity contribution in [2.75, 3.05) is 37.7 Å². The molecule has 0 radical (unpaired) electrons. The van der Waals surface area contributed by atoms with Crippen molar-refractivity contribution in [3.8, 4) is 0 Å². The predicted octanol–water partition coefficient (Wildman–Crippen LogP) is 9.13. The molecule has 0 spiro atoms. The largest absolute Gasteiger partial charge is 0.404 e.